The average molecular weight is 409 g/mol. The number of carbonyl (C=O) groups is 3. The Balaban J connectivity index is 1.78. The average Bonchev–Trinajstić information content (AvgIpc) is 2.65. The molecule has 0 atom stereocenters. The van der Waals surface area contributed by atoms with Crippen LogP contribution in [0.5, 0.6) is 0 Å². The van der Waals surface area contributed by atoms with Crippen LogP contribution in [0.4, 0.5) is 5.69 Å². The lowest BCUT2D eigenvalue weighted by Crippen LogP contribution is -2.32. The number of hydrogen-bond acceptors (Lipinski definition) is 4. The summed E-state index contributed by atoms with van der Waals surface area (Å²) < 4.78 is 4.87. The lowest BCUT2D eigenvalue weighted by molar-refractivity contribution is -0.146. The Bertz CT molecular complexity index is 855. The van der Waals surface area contributed by atoms with Crippen LogP contribution in [0.15, 0.2) is 42.5 Å². The van der Waals surface area contributed by atoms with Crippen LogP contribution >= 0.6 is 23.2 Å². The van der Waals surface area contributed by atoms with E-state index in [1.165, 1.54) is 18.2 Å². The molecule has 0 radical (unpaired) electrons. The number of benzene rings is 2. The minimum Gasteiger partial charge on any atom is -0.454 e. The van der Waals surface area contributed by atoms with Gasteiger partial charge >= 0.3 is 5.97 Å². The number of amides is 2. The van der Waals surface area contributed by atoms with Gasteiger partial charge in [-0.15, -0.1) is 0 Å². The van der Waals surface area contributed by atoms with Gasteiger partial charge < -0.3 is 15.4 Å². The Morgan fingerprint density at radius 2 is 1.81 bits per heavy atom. The van der Waals surface area contributed by atoms with Crippen LogP contribution in [0, 0.1) is 0 Å². The summed E-state index contributed by atoms with van der Waals surface area (Å²) in [4.78, 5) is 35.6. The molecule has 6 nitrogen and oxygen atoms in total. The quantitative estimate of drug-likeness (QED) is 0.686. The smallest absolute Gasteiger partial charge is 0.325 e. The van der Waals surface area contributed by atoms with Crippen molar-refractivity contribution in [2.75, 3.05) is 18.5 Å². The second kappa shape index (κ2) is 9.94. The highest BCUT2D eigenvalue weighted by molar-refractivity contribution is 6.36. The molecule has 2 aromatic carbocycles. The van der Waals surface area contributed by atoms with E-state index in [9.17, 15) is 14.4 Å². The van der Waals surface area contributed by atoms with E-state index in [4.69, 9.17) is 27.9 Å². The molecule has 0 spiro atoms. The lowest BCUT2D eigenvalue weighted by Gasteiger charge is -2.10. The van der Waals surface area contributed by atoms with Crippen LogP contribution in [-0.4, -0.2) is 30.9 Å². The molecule has 0 aromatic heterocycles. The molecule has 0 aliphatic rings. The molecule has 0 saturated heterocycles. The van der Waals surface area contributed by atoms with Crippen molar-refractivity contribution in [2.45, 2.75) is 13.3 Å². The highest BCUT2D eigenvalue weighted by Crippen LogP contribution is 2.20. The summed E-state index contributed by atoms with van der Waals surface area (Å²) in [5, 5.41) is 5.63. The van der Waals surface area contributed by atoms with Gasteiger partial charge in [-0.25, -0.2) is 0 Å². The van der Waals surface area contributed by atoms with Crippen molar-refractivity contribution in [3.63, 3.8) is 0 Å². The molecule has 2 aromatic rings. The Labute approximate surface area is 166 Å². The van der Waals surface area contributed by atoms with Crippen molar-refractivity contribution >= 4 is 46.7 Å². The molecular formula is C19H18Cl2N2O4. The minimum atomic E-state index is -0.743. The number of esters is 1. The molecule has 0 heterocycles. The molecule has 0 unspecified atom stereocenters. The zero-order valence-corrected chi connectivity index (χ0v) is 16.1. The predicted molar refractivity (Wildman–Crippen MR) is 104 cm³/mol. The number of nitrogens with one attached hydrogen (secondary N) is 2. The van der Waals surface area contributed by atoms with E-state index in [1.807, 2.05) is 19.1 Å². The van der Waals surface area contributed by atoms with E-state index in [2.05, 4.69) is 10.6 Å². The molecule has 142 valence electrons. The predicted octanol–water partition coefficient (Wildman–Crippen LogP) is 3.47. The molecule has 0 aliphatic carbocycles. The maximum absolute atomic E-state index is 12.0. The summed E-state index contributed by atoms with van der Waals surface area (Å²) in [7, 11) is 0. The summed E-state index contributed by atoms with van der Waals surface area (Å²) in [6.07, 6.45) is 0.759. The van der Waals surface area contributed by atoms with Gasteiger partial charge in [-0.05, 0) is 36.2 Å². The van der Waals surface area contributed by atoms with E-state index in [0.717, 1.165) is 12.0 Å². The number of rotatable bonds is 7. The fraction of sp³-hybridized carbons (Fsp3) is 0.211. The zero-order valence-electron chi connectivity index (χ0n) is 14.6. The van der Waals surface area contributed by atoms with Crippen molar-refractivity contribution in [1.82, 2.24) is 5.32 Å². The van der Waals surface area contributed by atoms with Crippen molar-refractivity contribution in [3.05, 3.63) is 63.6 Å². The van der Waals surface area contributed by atoms with Crippen molar-refractivity contribution in [2.24, 2.45) is 0 Å². The normalized spacial score (nSPS) is 10.2. The zero-order chi connectivity index (χ0) is 19.8. The minimum absolute atomic E-state index is 0.169. The second-order valence-electron chi connectivity index (χ2n) is 5.53. The first kappa shape index (κ1) is 20.7. The van der Waals surface area contributed by atoms with Gasteiger partial charge in [0.05, 0.1) is 10.6 Å². The topological polar surface area (TPSA) is 84.5 Å². The third-order valence-corrected chi connectivity index (χ3v) is 4.15. The first-order valence-corrected chi connectivity index (χ1v) is 8.93. The summed E-state index contributed by atoms with van der Waals surface area (Å²) in [5.41, 5.74) is 1.83. The Hall–Kier alpha value is -2.57. The van der Waals surface area contributed by atoms with Gasteiger partial charge in [-0.2, -0.15) is 0 Å². The van der Waals surface area contributed by atoms with Crippen LogP contribution < -0.4 is 10.6 Å². The molecule has 2 amide bonds. The van der Waals surface area contributed by atoms with Gasteiger partial charge in [0.25, 0.3) is 11.8 Å². The first-order valence-electron chi connectivity index (χ1n) is 8.17. The van der Waals surface area contributed by atoms with Crippen LogP contribution in [0.25, 0.3) is 0 Å². The summed E-state index contributed by atoms with van der Waals surface area (Å²) >= 11 is 11.7. The maximum atomic E-state index is 12.0. The van der Waals surface area contributed by atoms with Gasteiger partial charge in [0.15, 0.2) is 6.61 Å². The van der Waals surface area contributed by atoms with Gasteiger partial charge in [0.1, 0.15) is 6.54 Å². The van der Waals surface area contributed by atoms with Crippen molar-refractivity contribution in [1.29, 1.82) is 0 Å². The monoisotopic (exact) mass is 408 g/mol. The van der Waals surface area contributed by atoms with Crippen LogP contribution in [-0.2, 0) is 20.7 Å². The second-order valence-corrected chi connectivity index (χ2v) is 6.37. The molecule has 2 N–H and O–H groups in total. The Kier molecular flexibility index (Phi) is 7.64. The van der Waals surface area contributed by atoms with Crippen LogP contribution in [0.2, 0.25) is 10.0 Å². The number of carbonyl (C=O) groups excluding carboxylic acids is 3. The van der Waals surface area contributed by atoms with E-state index in [1.54, 1.807) is 12.1 Å². The first-order chi connectivity index (χ1) is 12.9. The van der Waals surface area contributed by atoms with Crippen molar-refractivity contribution in [3.8, 4) is 0 Å². The molecule has 2 rings (SSSR count). The number of ether oxygens (including phenoxy) is 1. The fourth-order valence-electron chi connectivity index (χ4n) is 2.26. The number of halogens is 2. The number of hydrogen-bond donors (Lipinski definition) is 2. The number of aryl methyl sites for hydroxylation is 1. The van der Waals surface area contributed by atoms with Crippen LogP contribution in [0.3, 0.4) is 0 Å². The third-order valence-electron chi connectivity index (χ3n) is 3.61. The summed E-state index contributed by atoms with van der Waals surface area (Å²) in [6, 6.07) is 11.7. The van der Waals surface area contributed by atoms with Crippen LogP contribution in [0.1, 0.15) is 22.8 Å². The van der Waals surface area contributed by atoms with Gasteiger partial charge in [-0.3, -0.25) is 14.4 Å². The number of para-hydroxylation sites is 1. The van der Waals surface area contributed by atoms with Gasteiger partial charge in [-0.1, -0.05) is 48.3 Å². The fourth-order valence-corrected chi connectivity index (χ4v) is 2.75. The summed E-state index contributed by atoms with van der Waals surface area (Å²) in [6.45, 7) is 1.13. The summed E-state index contributed by atoms with van der Waals surface area (Å²) in [5.74, 6) is -1.75. The molecule has 27 heavy (non-hydrogen) atoms. The Morgan fingerprint density at radius 3 is 2.52 bits per heavy atom. The molecule has 8 heteroatoms. The standard InChI is InChI=1S/C19H18Cl2N2O4/c1-2-12-5-3-4-6-16(12)23-17(24)11-27-18(25)10-22-19(26)14-8-7-13(20)9-15(14)21/h3-9H,2,10-11H2,1H3,(H,22,26)(H,23,24). The number of anilines is 1. The van der Waals surface area contributed by atoms with E-state index >= 15 is 0 Å². The van der Waals surface area contributed by atoms with E-state index < -0.39 is 30.9 Å². The van der Waals surface area contributed by atoms with Crippen molar-refractivity contribution < 1.29 is 19.1 Å². The molecule has 0 saturated carbocycles. The Morgan fingerprint density at radius 1 is 1.07 bits per heavy atom. The third kappa shape index (κ3) is 6.27. The molecule has 0 bridgehead atoms. The van der Waals surface area contributed by atoms with E-state index in [0.29, 0.717) is 10.7 Å². The highest BCUT2D eigenvalue weighted by atomic mass is 35.5. The van der Waals surface area contributed by atoms with Gasteiger partial charge in [0, 0.05) is 10.7 Å². The van der Waals surface area contributed by atoms with Gasteiger partial charge in [0.2, 0.25) is 0 Å². The lowest BCUT2D eigenvalue weighted by atomic mass is 10.1. The maximum Gasteiger partial charge on any atom is 0.325 e. The largest absolute Gasteiger partial charge is 0.454 e. The molecule has 0 aliphatic heterocycles. The van der Waals surface area contributed by atoms with E-state index in [-0.39, 0.29) is 10.6 Å². The highest BCUT2D eigenvalue weighted by Gasteiger charge is 2.14. The SMILES string of the molecule is CCc1ccccc1NC(=O)COC(=O)CNC(=O)c1ccc(Cl)cc1Cl. The molecule has 0 fully saturated rings. The molecular weight excluding hydrogens is 391 g/mol.